The molecule has 0 atom stereocenters. The summed E-state index contributed by atoms with van der Waals surface area (Å²) in [5.74, 6) is 2.56. The van der Waals surface area contributed by atoms with Gasteiger partial charge in [-0.2, -0.15) is 0 Å². The Morgan fingerprint density at radius 3 is 2.30 bits per heavy atom. The highest BCUT2D eigenvalue weighted by Crippen LogP contribution is 2.60. The lowest BCUT2D eigenvalue weighted by Crippen LogP contribution is -2.50. The lowest BCUT2D eigenvalue weighted by atomic mass is 9.49. The minimum Gasteiger partial charge on any atom is -0.398 e. The predicted octanol–water partition coefficient (Wildman–Crippen LogP) is 5.88. The number of anilines is 1. The van der Waals surface area contributed by atoms with Crippen molar-refractivity contribution in [2.45, 2.75) is 51.5 Å². The Balaban J connectivity index is 1.14. The second kappa shape index (κ2) is 9.06. The van der Waals surface area contributed by atoms with E-state index in [0.29, 0.717) is 16.7 Å². The topological polar surface area (TPSA) is 46.3 Å². The third-order valence-electron chi connectivity index (χ3n) is 8.14. The number of hydrogen-bond donors (Lipinski definition) is 1. The zero-order valence-electron chi connectivity index (χ0n) is 19.6. The van der Waals surface area contributed by atoms with E-state index in [-0.39, 0.29) is 18.0 Å². The minimum atomic E-state index is -0.386. The van der Waals surface area contributed by atoms with Gasteiger partial charge in [-0.25, -0.2) is 4.39 Å². The second-order valence-electron chi connectivity index (χ2n) is 11.2. The van der Waals surface area contributed by atoms with Gasteiger partial charge < -0.3 is 10.6 Å². The Hall–Kier alpha value is -2.46. The monoisotopic (exact) mass is 446 g/mol. The molecule has 0 aromatic heterocycles. The molecular formula is C29H35FN2O. The molecule has 0 radical (unpaired) electrons. The van der Waals surface area contributed by atoms with Crippen LogP contribution in [0.4, 0.5) is 10.1 Å². The largest absolute Gasteiger partial charge is 0.398 e. The van der Waals surface area contributed by atoms with E-state index in [9.17, 15) is 9.18 Å². The average molecular weight is 447 g/mol. The molecule has 0 aliphatic heterocycles. The standard InChI is InChI=1S/C29H35FN2O/c1-32(19-29-15-22-10-23(16-29)12-24(11-22)17-29)18-21-4-2-20(3-5-21)6-9-27(33)13-25-7-8-26(30)14-28(25)31/h2-9,14,22-24H,10-13,15-19,31H2,1H3/b9-6+. The predicted molar refractivity (Wildman–Crippen MR) is 132 cm³/mol. The Kier molecular flexibility index (Phi) is 6.13. The summed E-state index contributed by atoms with van der Waals surface area (Å²) in [7, 11) is 2.27. The molecule has 4 aliphatic carbocycles. The lowest BCUT2D eigenvalue weighted by molar-refractivity contribution is -0.113. The Bertz CT molecular complexity index is 1010. The normalized spacial score (nSPS) is 28.2. The SMILES string of the molecule is CN(Cc1ccc(/C=C/C(=O)Cc2ccc(F)cc2N)cc1)CC12CC3CC(CC(C3)C1)C2. The molecule has 0 saturated heterocycles. The van der Waals surface area contributed by atoms with Crippen LogP contribution in [0.25, 0.3) is 6.08 Å². The summed E-state index contributed by atoms with van der Waals surface area (Å²) >= 11 is 0. The molecule has 0 heterocycles. The molecule has 4 saturated carbocycles. The number of ketones is 1. The number of nitrogen functional groups attached to an aromatic ring is 1. The van der Waals surface area contributed by atoms with E-state index in [0.717, 1.165) is 29.9 Å². The zero-order chi connectivity index (χ0) is 23.0. The first-order valence-electron chi connectivity index (χ1n) is 12.4. The number of rotatable bonds is 8. The highest BCUT2D eigenvalue weighted by molar-refractivity contribution is 5.95. The average Bonchev–Trinajstić information content (AvgIpc) is 2.74. The van der Waals surface area contributed by atoms with Crippen LogP contribution in [0, 0.1) is 29.0 Å². The van der Waals surface area contributed by atoms with Gasteiger partial charge in [0, 0.05) is 25.2 Å². The molecule has 0 unspecified atom stereocenters. The maximum absolute atomic E-state index is 13.2. The van der Waals surface area contributed by atoms with Crippen molar-refractivity contribution in [1.29, 1.82) is 0 Å². The molecule has 0 amide bonds. The highest BCUT2D eigenvalue weighted by atomic mass is 19.1. The van der Waals surface area contributed by atoms with Crippen LogP contribution in [0.15, 0.2) is 48.5 Å². The van der Waals surface area contributed by atoms with Crippen molar-refractivity contribution in [3.05, 3.63) is 71.0 Å². The molecule has 4 bridgehead atoms. The first-order chi connectivity index (χ1) is 15.9. The second-order valence-corrected chi connectivity index (χ2v) is 11.2. The van der Waals surface area contributed by atoms with E-state index in [1.807, 2.05) is 6.08 Å². The van der Waals surface area contributed by atoms with Crippen molar-refractivity contribution in [2.24, 2.45) is 23.2 Å². The molecule has 4 heteroatoms. The molecule has 2 aromatic carbocycles. The van der Waals surface area contributed by atoms with Gasteiger partial charge in [0.25, 0.3) is 0 Å². The number of carbonyl (C=O) groups is 1. The number of benzene rings is 2. The van der Waals surface area contributed by atoms with Crippen LogP contribution >= 0.6 is 0 Å². The van der Waals surface area contributed by atoms with Crippen molar-refractivity contribution < 1.29 is 9.18 Å². The van der Waals surface area contributed by atoms with Gasteiger partial charge >= 0.3 is 0 Å². The fourth-order valence-electron chi connectivity index (χ4n) is 7.32. The number of carbonyl (C=O) groups excluding carboxylic acids is 1. The Labute approximate surface area is 196 Å². The first kappa shape index (κ1) is 22.3. The molecule has 2 aromatic rings. The van der Waals surface area contributed by atoms with Crippen molar-refractivity contribution in [2.75, 3.05) is 19.3 Å². The van der Waals surface area contributed by atoms with E-state index in [1.54, 1.807) is 12.1 Å². The van der Waals surface area contributed by atoms with Crippen LogP contribution < -0.4 is 5.73 Å². The van der Waals surface area contributed by atoms with Gasteiger partial charge in [0.1, 0.15) is 5.82 Å². The Morgan fingerprint density at radius 1 is 1.06 bits per heavy atom. The van der Waals surface area contributed by atoms with E-state index < -0.39 is 0 Å². The molecular weight excluding hydrogens is 411 g/mol. The molecule has 6 rings (SSSR count). The van der Waals surface area contributed by atoms with E-state index in [4.69, 9.17) is 5.73 Å². The van der Waals surface area contributed by atoms with E-state index in [2.05, 4.69) is 36.2 Å². The highest BCUT2D eigenvalue weighted by Gasteiger charge is 2.50. The van der Waals surface area contributed by atoms with Gasteiger partial charge in [-0.3, -0.25) is 4.79 Å². The molecule has 2 N–H and O–H groups in total. The quantitative estimate of drug-likeness (QED) is 0.407. The number of halogens is 1. The maximum atomic E-state index is 13.2. The van der Waals surface area contributed by atoms with Crippen LogP contribution in [-0.4, -0.2) is 24.3 Å². The number of hydrogen-bond acceptors (Lipinski definition) is 3. The zero-order valence-corrected chi connectivity index (χ0v) is 19.6. The summed E-state index contributed by atoms with van der Waals surface area (Å²) in [6.45, 7) is 2.19. The van der Waals surface area contributed by atoms with Gasteiger partial charge in [0.2, 0.25) is 0 Å². The molecule has 0 spiro atoms. The van der Waals surface area contributed by atoms with Crippen LogP contribution in [0.1, 0.15) is 55.2 Å². The number of allylic oxidation sites excluding steroid dienone is 1. The van der Waals surface area contributed by atoms with Gasteiger partial charge in [0.15, 0.2) is 5.78 Å². The summed E-state index contributed by atoms with van der Waals surface area (Å²) in [4.78, 5) is 14.8. The van der Waals surface area contributed by atoms with Crippen LogP contribution in [0.3, 0.4) is 0 Å². The number of nitrogens with zero attached hydrogens (tertiary/aromatic N) is 1. The maximum Gasteiger partial charge on any atom is 0.160 e. The van der Waals surface area contributed by atoms with E-state index in [1.165, 1.54) is 62.8 Å². The minimum absolute atomic E-state index is 0.0484. The third kappa shape index (κ3) is 5.22. The summed E-state index contributed by atoms with van der Waals surface area (Å²) in [5.41, 5.74) is 9.66. The van der Waals surface area contributed by atoms with Crippen molar-refractivity contribution >= 4 is 17.5 Å². The van der Waals surface area contributed by atoms with Crippen LogP contribution in [0.2, 0.25) is 0 Å². The van der Waals surface area contributed by atoms with Crippen LogP contribution in [-0.2, 0) is 17.8 Å². The fourth-order valence-corrected chi connectivity index (χ4v) is 7.32. The fraction of sp³-hybridized carbons (Fsp3) is 0.483. The summed E-state index contributed by atoms with van der Waals surface area (Å²) in [5, 5.41) is 0. The molecule has 3 nitrogen and oxygen atoms in total. The van der Waals surface area contributed by atoms with Gasteiger partial charge in [-0.1, -0.05) is 36.4 Å². The van der Waals surface area contributed by atoms with Crippen molar-refractivity contribution in [1.82, 2.24) is 4.90 Å². The third-order valence-corrected chi connectivity index (χ3v) is 8.14. The van der Waals surface area contributed by atoms with E-state index >= 15 is 0 Å². The molecule has 4 aliphatic rings. The summed E-state index contributed by atoms with van der Waals surface area (Å²) in [6, 6.07) is 12.6. The van der Waals surface area contributed by atoms with Gasteiger partial charge in [-0.15, -0.1) is 0 Å². The first-order valence-corrected chi connectivity index (χ1v) is 12.4. The molecule has 33 heavy (non-hydrogen) atoms. The smallest absolute Gasteiger partial charge is 0.160 e. The van der Waals surface area contributed by atoms with Crippen molar-refractivity contribution in [3.63, 3.8) is 0 Å². The molecule has 174 valence electrons. The van der Waals surface area contributed by atoms with Gasteiger partial charge in [0.05, 0.1) is 0 Å². The summed E-state index contributed by atoms with van der Waals surface area (Å²) in [6.07, 6.45) is 12.4. The lowest BCUT2D eigenvalue weighted by Gasteiger charge is -2.57. The Morgan fingerprint density at radius 2 is 1.70 bits per heavy atom. The number of nitrogens with two attached hydrogens (primary N) is 1. The summed E-state index contributed by atoms with van der Waals surface area (Å²) < 4.78 is 13.2. The molecule has 4 fully saturated rings. The van der Waals surface area contributed by atoms with Gasteiger partial charge in [-0.05, 0) is 104 Å². The van der Waals surface area contributed by atoms with Crippen molar-refractivity contribution in [3.8, 4) is 0 Å². The van der Waals surface area contributed by atoms with Crippen LogP contribution in [0.5, 0.6) is 0 Å².